The molecule has 0 spiro atoms. The lowest BCUT2D eigenvalue weighted by atomic mass is 10.0. The zero-order valence-electron chi connectivity index (χ0n) is 15.4. The number of nitrogens with zero attached hydrogens (tertiary/aromatic N) is 1. The Morgan fingerprint density at radius 3 is 2.46 bits per heavy atom. The van der Waals surface area contributed by atoms with Crippen molar-refractivity contribution in [3.8, 4) is 0 Å². The molecule has 1 unspecified atom stereocenters. The molecule has 1 saturated heterocycles. The van der Waals surface area contributed by atoms with E-state index < -0.39 is 12.0 Å². The lowest BCUT2D eigenvalue weighted by molar-refractivity contribution is -0.124. The lowest BCUT2D eigenvalue weighted by Crippen LogP contribution is -2.51. The average molecular weight is 381 g/mol. The predicted molar refractivity (Wildman–Crippen MR) is 104 cm³/mol. The van der Waals surface area contributed by atoms with E-state index >= 15 is 0 Å². The van der Waals surface area contributed by atoms with Crippen LogP contribution < -0.4 is 10.6 Å². The second-order valence-corrected chi connectivity index (χ2v) is 6.70. The fraction of sp³-hybridized carbons (Fsp3) is 0.286. The Morgan fingerprint density at radius 2 is 1.79 bits per heavy atom. The van der Waals surface area contributed by atoms with Gasteiger partial charge in [-0.05, 0) is 29.7 Å². The summed E-state index contributed by atoms with van der Waals surface area (Å²) in [6.07, 6.45) is 1.14. The van der Waals surface area contributed by atoms with Crippen molar-refractivity contribution in [3.63, 3.8) is 0 Å². The molecule has 7 nitrogen and oxygen atoms in total. The third-order valence-electron chi connectivity index (χ3n) is 4.73. The van der Waals surface area contributed by atoms with Gasteiger partial charge in [0.05, 0.1) is 5.56 Å². The number of nitrogens with one attached hydrogen (secondary N) is 2. The molecular weight excluding hydrogens is 358 g/mol. The van der Waals surface area contributed by atoms with Gasteiger partial charge in [0.1, 0.15) is 6.04 Å². The van der Waals surface area contributed by atoms with Crippen LogP contribution in [0.1, 0.15) is 27.9 Å². The molecule has 28 heavy (non-hydrogen) atoms. The Hall–Kier alpha value is -3.35. The van der Waals surface area contributed by atoms with E-state index in [9.17, 15) is 14.4 Å². The summed E-state index contributed by atoms with van der Waals surface area (Å²) in [5.74, 6) is -1.14. The number of aromatic carboxylic acids is 1. The Kier molecular flexibility index (Phi) is 6.26. The molecule has 2 aromatic carbocycles. The fourth-order valence-corrected chi connectivity index (χ4v) is 3.20. The van der Waals surface area contributed by atoms with Crippen molar-refractivity contribution in [1.82, 2.24) is 15.5 Å². The monoisotopic (exact) mass is 381 g/mol. The molecule has 7 heteroatoms. The highest BCUT2D eigenvalue weighted by Gasteiger charge is 2.31. The summed E-state index contributed by atoms with van der Waals surface area (Å²) >= 11 is 0. The van der Waals surface area contributed by atoms with Gasteiger partial charge >= 0.3 is 12.0 Å². The van der Waals surface area contributed by atoms with Crippen LogP contribution >= 0.6 is 0 Å². The van der Waals surface area contributed by atoms with Crippen molar-refractivity contribution in [2.45, 2.75) is 25.4 Å². The van der Waals surface area contributed by atoms with Crippen molar-refractivity contribution < 1.29 is 19.5 Å². The van der Waals surface area contributed by atoms with Crippen LogP contribution in [-0.4, -0.2) is 47.0 Å². The maximum Gasteiger partial charge on any atom is 0.335 e. The molecule has 3 N–H and O–H groups in total. The molecule has 1 fully saturated rings. The second kappa shape index (κ2) is 9.03. The molecule has 1 heterocycles. The molecule has 1 atom stereocenters. The Bertz CT molecular complexity index is 836. The van der Waals surface area contributed by atoms with Crippen LogP contribution in [0.3, 0.4) is 0 Å². The third kappa shape index (κ3) is 4.88. The van der Waals surface area contributed by atoms with Gasteiger partial charge in [-0.2, -0.15) is 0 Å². The molecule has 2 aromatic rings. The summed E-state index contributed by atoms with van der Waals surface area (Å²) in [6, 6.07) is 15.1. The van der Waals surface area contributed by atoms with Crippen LogP contribution in [0.5, 0.6) is 0 Å². The number of carbonyl (C=O) groups excluding carboxylic acids is 2. The van der Waals surface area contributed by atoms with Crippen LogP contribution in [-0.2, 0) is 17.8 Å². The normalized spacial score (nSPS) is 16.8. The number of rotatable bonds is 5. The minimum Gasteiger partial charge on any atom is -0.478 e. The lowest BCUT2D eigenvalue weighted by Gasteiger charge is -2.28. The molecule has 1 aliphatic rings. The molecule has 0 radical (unpaired) electrons. The van der Waals surface area contributed by atoms with Gasteiger partial charge in [0.25, 0.3) is 0 Å². The average Bonchev–Trinajstić information content (AvgIpc) is 2.89. The first-order valence-corrected chi connectivity index (χ1v) is 9.23. The summed E-state index contributed by atoms with van der Waals surface area (Å²) in [4.78, 5) is 37.8. The smallest absolute Gasteiger partial charge is 0.335 e. The van der Waals surface area contributed by atoms with E-state index in [1.807, 2.05) is 30.3 Å². The van der Waals surface area contributed by atoms with E-state index in [-0.39, 0.29) is 24.0 Å². The van der Waals surface area contributed by atoms with Gasteiger partial charge < -0.3 is 20.6 Å². The van der Waals surface area contributed by atoms with Crippen LogP contribution in [0.15, 0.2) is 54.6 Å². The number of benzene rings is 2. The maximum atomic E-state index is 12.8. The summed E-state index contributed by atoms with van der Waals surface area (Å²) in [5.41, 5.74) is 1.98. The number of hydrogen-bond acceptors (Lipinski definition) is 3. The topological polar surface area (TPSA) is 98.7 Å². The Labute approximate surface area is 163 Å². The van der Waals surface area contributed by atoms with Gasteiger partial charge in [0.15, 0.2) is 0 Å². The maximum absolute atomic E-state index is 12.8. The van der Waals surface area contributed by atoms with Crippen LogP contribution in [0.25, 0.3) is 0 Å². The van der Waals surface area contributed by atoms with Gasteiger partial charge in [-0.25, -0.2) is 9.59 Å². The van der Waals surface area contributed by atoms with Crippen molar-refractivity contribution in [2.24, 2.45) is 0 Å². The molecule has 0 aromatic heterocycles. The van der Waals surface area contributed by atoms with Gasteiger partial charge in [-0.1, -0.05) is 42.5 Å². The molecule has 3 amide bonds. The predicted octanol–water partition coefficient (Wildman–Crippen LogP) is 2.03. The standard InChI is InChI=1S/C21H23N3O4/c25-19-18(13-15-5-2-1-3-6-15)24(12-4-11-22-19)21(28)23-14-16-7-9-17(10-8-16)20(26)27/h1-3,5-10,18H,4,11-14H2,(H,22,25)(H,23,28)(H,26,27). The molecule has 1 aliphatic heterocycles. The quantitative estimate of drug-likeness (QED) is 0.738. The number of carboxylic acids is 1. The number of carbonyl (C=O) groups is 3. The van der Waals surface area contributed by atoms with Crippen LogP contribution in [0, 0.1) is 0 Å². The van der Waals surface area contributed by atoms with E-state index in [1.165, 1.54) is 12.1 Å². The molecule has 0 saturated carbocycles. The van der Waals surface area contributed by atoms with Crippen LogP contribution in [0.4, 0.5) is 4.79 Å². The molecule has 0 bridgehead atoms. The van der Waals surface area contributed by atoms with Crippen LogP contribution in [0.2, 0.25) is 0 Å². The molecule has 0 aliphatic carbocycles. The summed E-state index contributed by atoms with van der Waals surface area (Å²) in [7, 11) is 0. The Balaban J connectivity index is 1.67. The molecular formula is C21H23N3O4. The first kappa shape index (κ1) is 19.4. The first-order valence-electron chi connectivity index (χ1n) is 9.23. The van der Waals surface area contributed by atoms with Gasteiger partial charge in [0.2, 0.25) is 5.91 Å². The zero-order valence-corrected chi connectivity index (χ0v) is 15.4. The SMILES string of the molecule is O=C(O)c1ccc(CNC(=O)N2CCCNC(=O)C2Cc2ccccc2)cc1. The summed E-state index contributed by atoms with van der Waals surface area (Å²) < 4.78 is 0. The highest BCUT2D eigenvalue weighted by Crippen LogP contribution is 2.13. The van der Waals surface area contributed by atoms with Crippen molar-refractivity contribution in [3.05, 3.63) is 71.3 Å². The zero-order chi connectivity index (χ0) is 19.9. The minimum absolute atomic E-state index is 0.151. The van der Waals surface area contributed by atoms with E-state index in [1.54, 1.807) is 17.0 Å². The highest BCUT2D eigenvalue weighted by molar-refractivity contribution is 5.88. The highest BCUT2D eigenvalue weighted by atomic mass is 16.4. The minimum atomic E-state index is -0.991. The molecule has 146 valence electrons. The van der Waals surface area contributed by atoms with Crippen molar-refractivity contribution in [2.75, 3.05) is 13.1 Å². The largest absolute Gasteiger partial charge is 0.478 e. The Morgan fingerprint density at radius 1 is 1.07 bits per heavy atom. The number of hydrogen-bond donors (Lipinski definition) is 3. The number of urea groups is 1. The third-order valence-corrected chi connectivity index (χ3v) is 4.73. The van der Waals surface area contributed by atoms with E-state index in [0.29, 0.717) is 25.9 Å². The van der Waals surface area contributed by atoms with Crippen molar-refractivity contribution >= 4 is 17.9 Å². The first-order chi connectivity index (χ1) is 13.5. The number of amides is 3. The molecule has 3 rings (SSSR count). The van der Waals surface area contributed by atoms with E-state index in [0.717, 1.165) is 11.1 Å². The van der Waals surface area contributed by atoms with Gasteiger partial charge in [-0.15, -0.1) is 0 Å². The fourth-order valence-electron chi connectivity index (χ4n) is 3.20. The van der Waals surface area contributed by atoms with Crippen molar-refractivity contribution in [1.29, 1.82) is 0 Å². The number of carboxylic acid groups (broad SMARTS) is 1. The van der Waals surface area contributed by atoms with Gasteiger partial charge in [0, 0.05) is 26.1 Å². The second-order valence-electron chi connectivity index (χ2n) is 6.70. The van der Waals surface area contributed by atoms with E-state index in [4.69, 9.17) is 5.11 Å². The van der Waals surface area contributed by atoms with Gasteiger partial charge in [-0.3, -0.25) is 4.79 Å². The van der Waals surface area contributed by atoms with E-state index in [2.05, 4.69) is 10.6 Å². The summed E-state index contributed by atoms with van der Waals surface area (Å²) in [6.45, 7) is 1.29. The summed E-state index contributed by atoms with van der Waals surface area (Å²) in [5, 5.41) is 14.7.